The first-order valence-electron chi connectivity index (χ1n) is 9.44. The number of hydrazone groups is 1. The molecule has 1 aromatic carbocycles. The summed E-state index contributed by atoms with van der Waals surface area (Å²) in [6, 6.07) is 5.18. The fraction of sp³-hybridized carbons (Fsp3) is 0.348. The molecule has 0 atom stereocenters. The summed E-state index contributed by atoms with van der Waals surface area (Å²) in [6.45, 7) is 9.10. The minimum Gasteiger partial charge on any atom is -0.319 e. The van der Waals surface area contributed by atoms with Crippen LogP contribution in [0, 0.1) is 12.7 Å². The molecule has 1 rings (SSSR count). The standard InChI is InChI=1S/C23H31ClFN3/c1-6-8-21(24)11-9-18(3)16-27-28(22(7-2)13-14-26-5)17-20-10-12-23(25)19(4)15-20/h6-12,15-16,26H,13-14,17H2,1-5H3/b8-6-,18-9+,21-11+,22-7+,27-16+. The number of hydrogen-bond acceptors (Lipinski definition) is 3. The second-order valence-corrected chi connectivity index (χ2v) is 6.92. The van der Waals surface area contributed by atoms with Gasteiger partial charge in [-0.15, -0.1) is 0 Å². The van der Waals surface area contributed by atoms with Crippen LogP contribution in [0.3, 0.4) is 0 Å². The SMILES string of the molecule is C\C=C/C(Cl)=C\C=C(C)\C=N\N(Cc1ccc(F)c(C)c1)/C(=C/C)CCNC. The Hall–Kier alpha value is -2.17. The van der Waals surface area contributed by atoms with Gasteiger partial charge in [0, 0.05) is 23.7 Å². The first-order valence-corrected chi connectivity index (χ1v) is 9.82. The Labute approximate surface area is 174 Å². The van der Waals surface area contributed by atoms with Gasteiger partial charge in [-0.25, -0.2) is 4.39 Å². The Balaban J connectivity index is 3.07. The predicted octanol–water partition coefficient (Wildman–Crippen LogP) is 6.08. The summed E-state index contributed by atoms with van der Waals surface area (Å²) in [4.78, 5) is 0. The van der Waals surface area contributed by atoms with E-state index in [1.54, 1.807) is 13.0 Å². The van der Waals surface area contributed by atoms with E-state index in [1.165, 1.54) is 6.07 Å². The quantitative estimate of drug-likeness (QED) is 0.291. The molecule has 0 amide bonds. The van der Waals surface area contributed by atoms with Gasteiger partial charge in [0.1, 0.15) is 5.82 Å². The maximum absolute atomic E-state index is 13.6. The van der Waals surface area contributed by atoms with Crippen molar-refractivity contribution in [3.63, 3.8) is 0 Å². The monoisotopic (exact) mass is 403 g/mol. The second kappa shape index (κ2) is 13.1. The number of halogens is 2. The summed E-state index contributed by atoms with van der Waals surface area (Å²) in [5.41, 5.74) is 3.73. The molecule has 0 fully saturated rings. The van der Waals surface area contributed by atoms with Crippen molar-refractivity contribution in [3.8, 4) is 0 Å². The minimum absolute atomic E-state index is 0.191. The summed E-state index contributed by atoms with van der Waals surface area (Å²) in [5, 5.41) is 10.5. The number of allylic oxidation sites excluding steroid dienone is 7. The van der Waals surface area contributed by atoms with Crippen molar-refractivity contribution in [2.45, 2.75) is 40.7 Å². The number of hydrogen-bond donors (Lipinski definition) is 1. The van der Waals surface area contributed by atoms with Crippen LogP contribution >= 0.6 is 11.6 Å². The van der Waals surface area contributed by atoms with Crippen molar-refractivity contribution in [1.82, 2.24) is 10.3 Å². The van der Waals surface area contributed by atoms with Crippen molar-refractivity contribution in [1.29, 1.82) is 0 Å². The molecule has 0 aliphatic rings. The number of benzene rings is 1. The Bertz CT molecular complexity index is 776. The molecular weight excluding hydrogens is 373 g/mol. The van der Waals surface area contributed by atoms with Gasteiger partial charge < -0.3 is 5.32 Å². The molecule has 0 aliphatic heterocycles. The number of rotatable bonds is 10. The number of aryl methyl sites for hydroxylation is 1. The van der Waals surface area contributed by atoms with Crippen LogP contribution < -0.4 is 5.32 Å². The zero-order valence-electron chi connectivity index (χ0n) is 17.5. The van der Waals surface area contributed by atoms with Crippen molar-refractivity contribution in [3.05, 3.63) is 81.8 Å². The highest BCUT2D eigenvalue weighted by atomic mass is 35.5. The Morgan fingerprint density at radius 2 is 2.04 bits per heavy atom. The van der Waals surface area contributed by atoms with Crippen LogP contribution in [0.1, 0.15) is 38.3 Å². The average molecular weight is 404 g/mol. The highest BCUT2D eigenvalue weighted by Crippen LogP contribution is 2.17. The second-order valence-electron chi connectivity index (χ2n) is 6.48. The maximum Gasteiger partial charge on any atom is 0.126 e. The average Bonchev–Trinajstić information content (AvgIpc) is 2.67. The van der Waals surface area contributed by atoms with Gasteiger partial charge in [0.2, 0.25) is 0 Å². The maximum atomic E-state index is 13.6. The smallest absolute Gasteiger partial charge is 0.126 e. The number of nitrogens with one attached hydrogen (secondary N) is 1. The molecule has 0 radical (unpaired) electrons. The fourth-order valence-corrected chi connectivity index (χ4v) is 2.69. The molecule has 3 nitrogen and oxygen atoms in total. The first-order chi connectivity index (χ1) is 13.4. The lowest BCUT2D eigenvalue weighted by atomic mass is 10.1. The van der Waals surface area contributed by atoms with Gasteiger partial charge >= 0.3 is 0 Å². The molecule has 28 heavy (non-hydrogen) atoms. The van der Waals surface area contributed by atoms with E-state index in [2.05, 4.69) is 16.5 Å². The van der Waals surface area contributed by atoms with E-state index in [0.29, 0.717) is 17.1 Å². The molecule has 1 aromatic rings. The third kappa shape index (κ3) is 8.68. The van der Waals surface area contributed by atoms with Gasteiger partial charge in [0.15, 0.2) is 0 Å². The molecule has 0 heterocycles. The summed E-state index contributed by atoms with van der Waals surface area (Å²) in [5.74, 6) is -0.191. The van der Waals surface area contributed by atoms with Crippen LogP contribution in [0.15, 0.2) is 70.0 Å². The molecule has 0 saturated carbocycles. The van der Waals surface area contributed by atoms with Crippen LogP contribution in [0.2, 0.25) is 0 Å². The van der Waals surface area contributed by atoms with Crippen LogP contribution in [-0.4, -0.2) is 24.8 Å². The van der Waals surface area contributed by atoms with E-state index in [9.17, 15) is 4.39 Å². The molecule has 152 valence electrons. The molecule has 5 heteroatoms. The predicted molar refractivity (Wildman–Crippen MR) is 120 cm³/mol. The largest absolute Gasteiger partial charge is 0.319 e. The van der Waals surface area contributed by atoms with Crippen LogP contribution in [0.4, 0.5) is 4.39 Å². The summed E-state index contributed by atoms with van der Waals surface area (Å²) in [7, 11) is 1.93. The van der Waals surface area contributed by atoms with E-state index in [-0.39, 0.29) is 5.82 Å². The molecule has 0 aliphatic carbocycles. The number of nitrogens with zero attached hydrogens (tertiary/aromatic N) is 2. The molecule has 1 N–H and O–H groups in total. The topological polar surface area (TPSA) is 27.6 Å². The molecular formula is C23H31ClFN3. The Morgan fingerprint density at radius 1 is 1.29 bits per heavy atom. The third-order valence-corrected chi connectivity index (χ3v) is 4.33. The van der Waals surface area contributed by atoms with Gasteiger partial charge in [-0.3, -0.25) is 5.01 Å². The summed E-state index contributed by atoms with van der Waals surface area (Å²) >= 11 is 6.08. The van der Waals surface area contributed by atoms with E-state index >= 15 is 0 Å². The van der Waals surface area contributed by atoms with Crippen molar-refractivity contribution in [2.75, 3.05) is 13.6 Å². The molecule has 0 saturated heterocycles. The minimum atomic E-state index is -0.191. The van der Waals surface area contributed by atoms with Crippen molar-refractivity contribution < 1.29 is 4.39 Å². The lowest BCUT2D eigenvalue weighted by molar-refractivity contribution is 0.343. The van der Waals surface area contributed by atoms with Gasteiger partial charge in [-0.1, -0.05) is 42.0 Å². The Morgan fingerprint density at radius 3 is 2.64 bits per heavy atom. The van der Waals surface area contributed by atoms with Gasteiger partial charge in [-0.2, -0.15) is 5.10 Å². The van der Waals surface area contributed by atoms with Gasteiger partial charge in [0.25, 0.3) is 0 Å². The highest BCUT2D eigenvalue weighted by molar-refractivity contribution is 6.31. The molecule has 0 unspecified atom stereocenters. The van der Waals surface area contributed by atoms with Crippen LogP contribution in [0.25, 0.3) is 0 Å². The molecule has 0 aromatic heterocycles. The molecule has 0 spiro atoms. The molecule has 0 bridgehead atoms. The van der Waals surface area contributed by atoms with Crippen LogP contribution in [-0.2, 0) is 6.54 Å². The lowest BCUT2D eigenvalue weighted by Gasteiger charge is -2.23. The van der Waals surface area contributed by atoms with Gasteiger partial charge in [-0.05, 0) is 69.7 Å². The Kier molecular flexibility index (Phi) is 11.2. The summed E-state index contributed by atoms with van der Waals surface area (Å²) in [6.07, 6.45) is 12.2. The fourth-order valence-electron chi connectivity index (χ4n) is 2.50. The van der Waals surface area contributed by atoms with Crippen molar-refractivity contribution in [2.24, 2.45) is 5.10 Å². The zero-order valence-corrected chi connectivity index (χ0v) is 18.2. The highest BCUT2D eigenvalue weighted by Gasteiger charge is 2.09. The lowest BCUT2D eigenvalue weighted by Crippen LogP contribution is -2.20. The zero-order chi connectivity index (χ0) is 20.9. The van der Waals surface area contributed by atoms with E-state index in [0.717, 1.165) is 29.8 Å². The van der Waals surface area contributed by atoms with E-state index in [1.807, 2.05) is 69.4 Å². The van der Waals surface area contributed by atoms with E-state index < -0.39 is 0 Å². The van der Waals surface area contributed by atoms with Gasteiger partial charge in [0.05, 0.1) is 12.8 Å². The van der Waals surface area contributed by atoms with Crippen LogP contribution in [0.5, 0.6) is 0 Å². The van der Waals surface area contributed by atoms with Crippen molar-refractivity contribution >= 4 is 17.8 Å². The summed E-state index contributed by atoms with van der Waals surface area (Å²) < 4.78 is 13.6. The first kappa shape index (κ1) is 23.9. The normalized spacial score (nSPS) is 13.8. The third-order valence-electron chi connectivity index (χ3n) is 4.08. The van der Waals surface area contributed by atoms with E-state index in [4.69, 9.17) is 11.6 Å².